The van der Waals surface area contributed by atoms with Gasteiger partial charge in [-0.25, -0.2) is 4.98 Å². The molecule has 0 amide bonds. The zero-order valence-electron chi connectivity index (χ0n) is 14.1. The Morgan fingerprint density at radius 3 is 2.92 bits per heavy atom. The van der Waals surface area contributed by atoms with E-state index in [-0.39, 0.29) is 16.2 Å². The van der Waals surface area contributed by atoms with Crippen molar-refractivity contribution in [1.82, 2.24) is 14.9 Å². The van der Waals surface area contributed by atoms with Gasteiger partial charge >= 0.3 is 0 Å². The van der Waals surface area contributed by atoms with Gasteiger partial charge in [-0.15, -0.1) is 0 Å². The van der Waals surface area contributed by atoms with Crippen LogP contribution in [0.4, 0.5) is 5.69 Å². The molecule has 0 bridgehead atoms. The highest BCUT2D eigenvalue weighted by molar-refractivity contribution is 5.42. The summed E-state index contributed by atoms with van der Waals surface area (Å²) >= 11 is 0. The monoisotopic (exact) mass is 340 g/mol. The van der Waals surface area contributed by atoms with E-state index in [1.54, 1.807) is 19.1 Å². The quantitative estimate of drug-likeness (QED) is 0.681. The van der Waals surface area contributed by atoms with Crippen LogP contribution >= 0.6 is 0 Å². The maximum Gasteiger partial charge on any atom is 0.272 e. The molecular weight excluding hydrogens is 320 g/mol. The number of aromatic amines is 1. The van der Waals surface area contributed by atoms with E-state index in [0.717, 1.165) is 48.5 Å². The summed E-state index contributed by atoms with van der Waals surface area (Å²) < 4.78 is 0. The van der Waals surface area contributed by atoms with E-state index in [4.69, 9.17) is 0 Å². The molecule has 0 radical (unpaired) electrons. The molecule has 1 fully saturated rings. The molecule has 0 atom stereocenters. The third-order valence-electron chi connectivity index (χ3n) is 5.01. The predicted octanol–water partition coefficient (Wildman–Crippen LogP) is 2.42. The van der Waals surface area contributed by atoms with Crippen LogP contribution < -0.4 is 5.56 Å². The van der Waals surface area contributed by atoms with Gasteiger partial charge in [0.2, 0.25) is 0 Å². The van der Waals surface area contributed by atoms with E-state index in [1.165, 1.54) is 0 Å². The van der Waals surface area contributed by atoms with Crippen molar-refractivity contribution in [3.8, 4) is 0 Å². The van der Waals surface area contributed by atoms with E-state index in [0.29, 0.717) is 24.6 Å². The van der Waals surface area contributed by atoms with Crippen LogP contribution in [-0.4, -0.2) is 26.3 Å². The normalized spacial score (nSPS) is 17.3. The smallest absolute Gasteiger partial charge is 0.272 e. The largest absolute Gasteiger partial charge is 0.310 e. The number of nitro benzene ring substituents is 1. The highest BCUT2D eigenvalue weighted by atomic mass is 16.6. The highest BCUT2D eigenvalue weighted by Crippen LogP contribution is 2.37. The first-order valence-corrected chi connectivity index (χ1v) is 8.59. The number of hydrogen-bond donors (Lipinski definition) is 1. The number of rotatable bonds is 4. The minimum atomic E-state index is -0.349. The fraction of sp³-hybridized carbons (Fsp3) is 0.444. The van der Waals surface area contributed by atoms with Gasteiger partial charge in [0, 0.05) is 43.6 Å². The molecule has 2 aliphatic rings. The van der Waals surface area contributed by atoms with Gasteiger partial charge in [-0.2, -0.15) is 0 Å². The Balaban J connectivity index is 1.54. The van der Waals surface area contributed by atoms with E-state index >= 15 is 0 Å². The van der Waals surface area contributed by atoms with Crippen molar-refractivity contribution in [2.24, 2.45) is 0 Å². The summed E-state index contributed by atoms with van der Waals surface area (Å²) in [5.74, 6) is 1.27. The molecule has 0 spiro atoms. The average molecular weight is 340 g/mol. The van der Waals surface area contributed by atoms with Crippen LogP contribution in [0.3, 0.4) is 0 Å². The molecule has 1 aromatic carbocycles. The molecule has 1 aliphatic carbocycles. The molecule has 2 aromatic rings. The van der Waals surface area contributed by atoms with Crippen LogP contribution in [0.1, 0.15) is 47.0 Å². The van der Waals surface area contributed by atoms with Gasteiger partial charge in [0.25, 0.3) is 11.2 Å². The van der Waals surface area contributed by atoms with Crippen molar-refractivity contribution in [2.45, 2.75) is 45.2 Å². The lowest BCUT2D eigenvalue weighted by molar-refractivity contribution is -0.385. The van der Waals surface area contributed by atoms with Gasteiger partial charge in [0.1, 0.15) is 5.82 Å². The Morgan fingerprint density at radius 2 is 2.20 bits per heavy atom. The molecule has 1 saturated carbocycles. The number of hydrogen-bond acceptors (Lipinski definition) is 5. The minimum Gasteiger partial charge on any atom is -0.310 e. The Morgan fingerprint density at radius 1 is 1.40 bits per heavy atom. The molecule has 0 saturated heterocycles. The van der Waals surface area contributed by atoms with Gasteiger partial charge in [-0.3, -0.25) is 19.8 Å². The zero-order valence-corrected chi connectivity index (χ0v) is 14.1. The molecule has 4 rings (SSSR count). The summed E-state index contributed by atoms with van der Waals surface area (Å²) in [6, 6.07) is 5.32. The standard InChI is InChI=1S/C18H20N4O3/c1-11-2-3-12(8-16(11)22(24)25)9-21-7-6-15-14(10-21)18(23)20-17(19-15)13-4-5-13/h2-3,8,13H,4-7,9-10H2,1H3,(H,19,20,23). The van der Waals surface area contributed by atoms with E-state index < -0.39 is 0 Å². The Hall–Kier alpha value is -2.54. The lowest BCUT2D eigenvalue weighted by Gasteiger charge is -2.27. The molecule has 1 N–H and O–H groups in total. The molecule has 7 heteroatoms. The minimum absolute atomic E-state index is 0.0357. The van der Waals surface area contributed by atoms with Crippen molar-refractivity contribution in [1.29, 1.82) is 0 Å². The first-order chi connectivity index (χ1) is 12.0. The second kappa shape index (κ2) is 6.07. The summed E-state index contributed by atoms with van der Waals surface area (Å²) in [5.41, 5.74) is 3.30. The topological polar surface area (TPSA) is 92.1 Å². The first-order valence-electron chi connectivity index (χ1n) is 8.59. The van der Waals surface area contributed by atoms with Crippen molar-refractivity contribution < 1.29 is 4.92 Å². The van der Waals surface area contributed by atoms with Crippen LogP contribution in [0.15, 0.2) is 23.0 Å². The summed E-state index contributed by atoms with van der Waals surface area (Å²) in [7, 11) is 0. The van der Waals surface area contributed by atoms with E-state index in [9.17, 15) is 14.9 Å². The maximum absolute atomic E-state index is 12.4. The summed E-state index contributed by atoms with van der Waals surface area (Å²) in [6.45, 7) is 3.66. The molecule has 7 nitrogen and oxygen atoms in total. The van der Waals surface area contributed by atoms with Crippen LogP contribution in [0, 0.1) is 17.0 Å². The molecule has 2 heterocycles. The van der Waals surface area contributed by atoms with Crippen molar-refractivity contribution in [3.63, 3.8) is 0 Å². The van der Waals surface area contributed by atoms with Gasteiger partial charge in [0.05, 0.1) is 16.2 Å². The number of H-pyrrole nitrogens is 1. The van der Waals surface area contributed by atoms with Gasteiger partial charge in [-0.05, 0) is 25.3 Å². The highest BCUT2D eigenvalue weighted by Gasteiger charge is 2.29. The molecule has 130 valence electrons. The van der Waals surface area contributed by atoms with Gasteiger partial charge < -0.3 is 4.98 Å². The molecule has 25 heavy (non-hydrogen) atoms. The molecule has 1 aromatic heterocycles. The van der Waals surface area contributed by atoms with Crippen LogP contribution in [0.2, 0.25) is 0 Å². The fourth-order valence-electron chi connectivity index (χ4n) is 3.39. The second-order valence-electron chi connectivity index (χ2n) is 6.99. The third kappa shape index (κ3) is 3.19. The van der Waals surface area contributed by atoms with Gasteiger partial charge in [-0.1, -0.05) is 12.1 Å². The molecule has 1 aliphatic heterocycles. The van der Waals surface area contributed by atoms with Crippen LogP contribution in [-0.2, 0) is 19.5 Å². The molecular formula is C18H20N4O3. The fourth-order valence-corrected chi connectivity index (χ4v) is 3.39. The number of fused-ring (bicyclic) bond motifs is 1. The summed E-state index contributed by atoms with van der Waals surface area (Å²) in [5, 5.41) is 11.1. The SMILES string of the molecule is Cc1ccc(CN2CCc3nc(C4CC4)[nH]c(=O)c3C2)cc1[N+](=O)[O-]. The number of nitrogens with zero attached hydrogens (tertiary/aromatic N) is 3. The Bertz CT molecular complexity index is 902. The second-order valence-corrected chi connectivity index (χ2v) is 6.99. The van der Waals surface area contributed by atoms with Crippen molar-refractivity contribution >= 4 is 5.69 Å². The predicted molar refractivity (Wildman–Crippen MR) is 92.5 cm³/mol. The lowest BCUT2D eigenvalue weighted by atomic mass is 10.0. The van der Waals surface area contributed by atoms with Crippen LogP contribution in [0.25, 0.3) is 0 Å². The summed E-state index contributed by atoms with van der Waals surface area (Å²) in [4.78, 5) is 32.9. The number of aryl methyl sites for hydroxylation is 1. The first kappa shape index (κ1) is 16.0. The lowest BCUT2D eigenvalue weighted by Crippen LogP contribution is -2.35. The zero-order chi connectivity index (χ0) is 17.6. The van der Waals surface area contributed by atoms with E-state index in [2.05, 4.69) is 14.9 Å². The number of nitro groups is 1. The van der Waals surface area contributed by atoms with Crippen molar-refractivity contribution in [3.05, 3.63) is 66.9 Å². The summed E-state index contributed by atoms with van der Waals surface area (Å²) in [6.07, 6.45) is 2.97. The number of aromatic nitrogens is 2. The van der Waals surface area contributed by atoms with Crippen LogP contribution in [0.5, 0.6) is 0 Å². The van der Waals surface area contributed by atoms with Gasteiger partial charge in [0.15, 0.2) is 0 Å². The number of benzene rings is 1. The maximum atomic E-state index is 12.4. The van der Waals surface area contributed by atoms with Crippen molar-refractivity contribution in [2.75, 3.05) is 6.54 Å². The molecule has 0 unspecified atom stereocenters. The third-order valence-corrected chi connectivity index (χ3v) is 5.01. The average Bonchev–Trinajstić information content (AvgIpc) is 3.42. The number of nitrogens with one attached hydrogen (secondary N) is 1. The van der Waals surface area contributed by atoms with E-state index in [1.807, 2.05) is 6.07 Å². The Labute approximate surface area is 144 Å². The Kier molecular flexibility index (Phi) is 3.88.